The Morgan fingerprint density at radius 1 is 1.03 bits per heavy atom. The van der Waals surface area contributed by atoms with Crippen molar-refractivity contribution < 1.29 is 28.7 Å². The van der Waals surface area contributed by atoms with Crippen molar-refractivity contribution in [2.24, 2.45) is 28.1 Å². The predicted octanol–water partition coefficient (Wildman–Crippen LogP) is 4.92. The minimum Gasteiger partial charge on any atom is -0.468 e. The summed E-state index contributed by atoms with van der Waals surface area (Å²) in [7, 11) is 1.38. The van der Waals surface area contributed by atoms with Gasteiger partial charge in [0.1, 0.15) is 17.8 Å². The number of ether oxygens (including phenoxy) is 2. The highest BCUT2D eigenvalue weighted by atomic mass is 16.6. The van der Waals surface area contributed by atoms with E-state index in [0.717, 1.165) is 36.7 Å². The molecule has 0 aliphatic heterocycles. The van der Waals surface area contributed by atoms with Crippen LogP contribution in [0.5, 0.6) is 0 Å². The topological polar surface area (TPSA) is 86.7 Å². The van der Waals surface area contributed by atoms with Crippen molar-refractivity contribution in [3.63, 3.8) is 0 Å². The molecule has 0 saturated heterocycles. The van der Waals surface area contributed by atoms with E-state index in [0.29, 0.717) is 18.4 Å². The van der Waals surface area contributed by atoms with Crippen LogP contribution in [-0.2, 0) is 28.7 Å². The first-order valence-corrected chi connectivity index (χ1v) is 12.2. The van der Waals surface area contributed by atoms with Crippen molar-refractivity contribution in [2.75, 3.05) is 7.11 Å². The van der Waals surface area contributed by atoms with E-state index in [1.54, 1.807) is 13.0 Å². The quantitative estimate of drug-likeness (QED) is 0.245. The number of methoxy groups -OCH3 is 1. The third-order valence-corrected chi connectivity index (χ3v) is 9.11. The van der Waals surface area contributed by atoms with Crippen LogP contribution in [0.25, 0.3) is 0 Å². The summed E-state index contributed by atoms with van der Waals surface area (Å²) < 4.78 is 10.9. The van der Waals surface area contributed by atoms with Gasteiger partial charge >= 0.3 is 11.9 Å². The molecule has 3 saturated carbocycles. The smallest absolute Gasteiger partial charge is 0.315 e. The van der Waals surface area contributed by atoms with Crippen LogP contribution < -0.4 is 0 Å². The maximum absolute atomic E-state index is 13.4. The van der Waals surface area contributed by atoms with Gasteiger partial charge in [-0.2, -0.15) is 0 Å². The zero-order chi connectivity index (χ0) is 25.5. The summed E-state index contributed by atoms with van der Waals surface area (Å²) in [5.74, 6) is -0.569. The number of carbonyl (C=O) groups is 4. The summed E-state index contributed by atoms with van der Waals surface area (Å²) in [6, 6.07) is 0. The molecule has 3 aliphatic carbocycles. The fourth-order valence-electron chi connectivity index (χ4n) is 7.59. The van der Waals surface area contributed by atoms with Crippen molar-refractivity contribution in [1.82, 2.24) is 0 Å². The van der Waals surface area contributed by atoms with Gasteiger partial charge in [0.25, 0.3) is 0 Å². The molecule has 186 valence electrons. The third-order valence-electron chi connectivity index (χ3n) is 9.11. The molecule has 6 nitrogen and oxygen atoms in total. The van der Waals surface area contributed by atoms with Gasteiger partial charge in [-0.15, -0.1) is 0 Å². The number of carbonyl (C=O) groups excluding carboxylic acids is 4. The molecule has 0 radical (unpaired) electrons. The Morgan fingerprint density at radius 3 is 2.29 bits per heavy atom. The second-order valence-corrected chi connectivity index (χ2v) is 11.1. The molecular weight excluding hydrogens is 432 g/mol. The zero-order valence-electron chi connectivity index (χ0n) is 21.5. The Labute approximate surface area is 202 Å². The summed E-state index contributed by atoms with van der Waals surface area (Å²) in [5.41, 5.74) is 0.878. The maximum Gasteiger partial charge on any atom is 0.315 e. The molecule has 0 aromatic carbocycles. The lowest BCUT2D eigenvalue weighted by molar-refractivity contribution is -0.206. The number of ketones is 1. The molecule has 0 heterocycles. The largest absolute Gasteiger partial charge is 0.468 e. The Balaban J connectivity index is 2.05. The van der Waals surface area contributed by atoms with E-state index in [2.05, 4.69) is 13.8 Å². The van der Waals surface area contributed by atoms with Gasteiger partial charge in [-0.3, -0.25) is 19.2 Å². The summed E-state index contributed by atoms with van der Waals surface area (Å²) in [4.78, 5) is 49.3. The standard InChI is InChI=1S/C28H38O6/c1-17(16-29)9-8-10-18(2)24-20(31)15-22-26(4)14-12-23(34-19(3)30)28(6,25(32)33-7)21(26)11-13-27(22,24)5/h8-10,16,21-23H,11-15H2,1-7H3/b10-8+,17-9+,24-18-/t21-,22-,23-,26+,27+,28-/m1/s1. The number of fused-ring (bicyclic) bond motifs is 3. The monoisotopic (exact) mass is 470 g/mol. The van der Waals surface area contributed by atoms with Crippen LogP contribution in [0.4, 0.5) is 0 Å². The highest BCUT2D eigenvalue weighted by Gasteiger charge is 2.68. The van der Waals surface area contributed by atoms with E-state index in [4.69, 9.17) is 9.47 Å². The van der Waals surface area contributed by atoms with Gasteiger partial charge in [-0.25, -0.2) is 0 Å². The van der Waals surface area contributed by atoms with Crippen molar-refractivity contribution in [3.8, 4) is 0 Å². The molecule has 34 heavy (non-hydrogen) atoms. The Bertz CT molecular complexity index is 987. The summed E-state index contributed by atoms with van der Waals surface area (Å²) in [5, 5.41) is 0. The molecule has 0 bridgehead atoms. The molecule has 0 amide bonds. The maximum atomic E-state index is 13.4. The minimum atomic E-state index is -0.962. The summed E-state index contributed by atoms with van der Waals surface area (Å²) in [6.07, 6.45) is 9.04. The van der Waals surface area contributed by atoms with E-state index < -0.39 is 17.5 Å². The first kappa shape index (κ1) is 26.1. The van der Waals surface area contributed by atoms with E-state index in [1.165, 1.54) is 14.0 Å². The Kier molecular flexibility index (Phi) is 7.12. The normalized spacial score (nSPS) is 39.3. The van der Waals surface area contributed by atoms with Gasteiger partial charge in [-0.05, 0) is 74.9 Å². The number of hydrogen-bond acceptors (Lipinski definition) is 6. The van der Waals surface area contributed by atoms with Crippen LogP contribution in [0.15, 0.2) is 34.9 Å². The van der Waals surface area contributed by atoms with Gasteiger partial charge < -0.3 is 9.47 Å². The highest BCUT2D eigenvalue weighted by Crippen LogP contribution is 2.69. The third kappa shape index (κ3) is 3.99. The second-order valence-electron chi connectivity index (χ2n) is 11.1. The number of aldehydes is 1. The number of hydrogen-bond donors (Lipinski definition) is 0. The summed E-state index contributed by atoms with van der Waals surface area (Å²) in [6.45, 7) is 11.4. The fourth-order valence-corrected chi connectivity index (χ4v) is 7.59. The lowest BCUT2D eigenvalue weighted by Crippen LogP contribution is -2.62. The van der Waals surface area contributed by atoms with Crippen molar-refractivity contribution in [2.45, 2.75) is 79.8 Å². The predicted molar refractivity (Wildman–Crippen MR) is 129 cm³/mol. The molecular formula is C28H38O6. The molecule has 6 heteroatoms. The van der Waals surface area contributed by atoms with Gasteiger partial charge in [0.05, 0.1) is 7.11 Å². The van der Waals surface area contributed by atoms with Crippen LogP contribution in [0.1, 0.15) is 73.6 Å². The van der Waals surface area contributed by atoms with Crippen molar-refractivity contribution in [3.05, 3.63) is 34.9 Å². The van der Waals surface area contributed by atoms with Gasteiger partial charge in [0.2, 0.25) is 0 Å². The number of Topliss-reactive ketones (excluding diaryl/α,β-unsaturated/α-hetero) is 1. The number of rotatable bonds is 5. The molecule has 3 fully saturated rings. The average molecular weight is 471 g/mol. The van der Waals surface area contributed by atoms with Crippen molar-refractivity contribution >= 4 is 24.0 Å². The lowest BCUT2D eigenvalue weighted by Gasteiger charge is -2.61. The van der Waals surface area contributed by atoms with Gasteiger partial charge in [0, 0.05) is 24.3 Å². The molecule has 0 spiro atoms. The van der Waals surface area contributed by atoms with Crippen LogP contribution in [0.3, 0.4) is 0 Å². The molecule has 3 rings (SSSR count). The Hall–Kier alpha value is -2.50. The SMILES string of the molecule is COC(=O)[C@]1(C)[C@@H]2CC[C@]3(C)\C(=C(C)/C=C/C=C(\C)C=O)C(=O)C[C@@H]3[C@@]2(C)CC[C@H]1OC(C)=O. The van der Waals surface area contributed by atoms with Gasteiger partial charge in [-0.1, -0.05) is 32.1 Å². The van der Waals surface area contributed by atoms with Crippen LogP contribution in [0.2, 0.25) is 0 Å². The average Bonchev–Trinajstić information content (AvgIpc) is 3.06. The van der Waals surface area contributed by atoms with Crippen LogP contribution in [0, 0.1) is 28.1 Å². The fraction of sp³-hybridized carbons (Fsp3) is 0.643. The van der Waals surface area contributed by atoms with E-state index in [9.17, 15) is 19.2 Å². The molecule has 6 atom stereocenters. The second kappa shape index (κ2) is 9.27. The van der Waals surface area contributed by atoms with Gasteiger partial charge in [0.15, 0.2) is 5.78 Å². The lowest BCUT2D eigenvalue weighted by atomic mass is 9.42. The number of allylic oxidation sites excluding steroid dienone is 6. The van der Waals surface area contributed by atoms with E-state index >= 15 is 0 Å². The first-order chi connectivity index (χ1) is 15.9. The molecule has 0 aromatic rings. The van der Waals surface area contributed by atoms with Crippen LogP contribution in [-0.4, -0.2) is 37.2 Å². The van der Waals surface area contributed by atoms with Crippen molar-refractivity contribution in [1.29, 1.82) is 0 Å². The minimum absolute atomic E-state index is 0.0650. The first-order valence-electron chi connectivity index (χ1n) is 12.2. The Morgan fingerprint density at radius 2 is 1.71 bits per heavy atom. The number of esters is 2. The zero-order valence-corrected chi connectivity index (χ0v) is 21.5. The molecule has 0 N–H and O–H groups in total. The molecule has 3 aliphatic rings. The summed E-state index contributed by atoms with van der Waals surface area (Å²) >= 11 is 0. The van der Waals surface area contributed by atoms with Crippen LogP contribution >= 0.6 is 0 Å². The van der Waals surface area contributed by atoms with E-state index in [1.807, 2.05) is 26.0 Å². The van der Waals surface area contributed by atoms with E-state index in [-0.39, 0.29) is 34.4 Å². The molecule has 0 aromatic heterocycles. The highest BCUT2D eigenvalue weighted by molar-refractivity contribution is 6.01. The molecule has 0 unspecified atom stereocenters.